The lowest BCUT2D eigenvalue weighted by Crippen LogP contribution is -2.48. The summed E-state index contributed by atoms with van der Waals surface area (Å²) < 4.78 is 0. The van der Waals surface area contributed by atoms with Gasteiger partial charge in [0.25, 0.3) is 0 Å². The first kappa shape index (κ1) is 15.8. The maximum Gasteiger partial charge on any atom is 0.235 e. The zero-order valence-corrected chi connectivity index (χ0v) is 11.8. The molecule has 5 nitrogen and oxygen atoms in total. The van der Waals surface area contributed by atoms with Gasteiger partial charge in [-0.05, 0) is 36.0 Å². The molecule has 106 valence electrons. The summed E-state index contributed by atoms with van der Waals surface area (Å²) in [5.41, 5.74) is -0.327. The molecule has 0 saturated heterocycles. The van der Waals surface area contributed by atoms with Crippen LogP contribution in [0.25, 0.3) is 0 Å². The number of nitrogens with zero attached hydrogens (tertiary/aromatic N) is 2. The highest BCUT2D eigenvalue weighted by atomic mass is 16.3. The SMILES string of the molecule is CC1(C)CC(N=C=O)CC(C)(CN=C=O)C1CCO. The van der Waals surface area contributed by atoms with E-state index in [1.54, 1.807) is 12.2 Å². The van der Waals surface area contributed by atoms with Crippen LogP contribution >= 0.6 is 0 Å². The number of isocyanates is 2. The van der Waals surface area contributed by atoms with E-state index in [0.717, 1.165) is 6.42 Å². The fraction of sp³-hybridized carbons (Fsp3) is 0.857. The summed E-state index contributed by atoms with van der Waals surface area (Å²) in [5, 5.41) is 9.28. The van der Waals surface area contributed by atoms with Gasteiger partial charge in [0.15, 0.2) is 0 Å². The molecule has 0 bridgehead atoms. The average Bonchev–Trinajstić information content (AvgIpc) is 2.31. The predicted octanol–water partition coefficient (Wildman–Crippen LogP) is 1.85. The molecule has 0 radical (unpaired) electrons. The average molecular weight is 266 g/mol. The molecule has 0 aromatic heterocycles. The Balaban J connectivity index is 3.10. The predicted molar refractivity (Wildman–Crippen MR) is 71.2 cm³/mol. The molecule has 0 heterocycles. The van der Waals surface area contributed by atoms with E-state index in [1.807, 2.05) is 6.92 Å². The highest BCUT2D eigenvalue weighted by Crippen LogP contribution is 2.53. The molecule has 0 spiro atoms. The van der Waals surface area contributed by atoms with E-state index in [-0.39, 0.29) is 29.4 Å². The minimum Gasteiger partial charge on any atom is -0.396 e. The second-order valence-corrected chi connectivity index (χ2v) is 6.40. The fourth-order valence-corrected chi connectivity index (χ4v) is 3.87. The Hall–Kier alpha value is -1.28. The molecular formula is C14H22N2O3. The van der Waals surface area contributed by atoms with Crippen LogP contribution in [0.15, 0.2) is 9.98 Å². The molecule has 0 aliphatic heterocycles. The molecule has 5 heteroatoms. The quantitative estimate of drug-likeness (QED) is 0.609. The summed E-state index contributed by atoms with van der Waals surface area (Å²) >= 11 is 0. The minimum atomic E-state index is -0.257. The molecule has 1 fully saturated rings. The largest absolute Gasteiger partial charge is 0.396 e. The zero-order chi connectivity index (χ0) is 14.5. The van der Waals surface area contributed by atoms with Crippen molar-refractivity contribution < 1.29 is 14.7 Å². The van der Waals surface area contributed by atoms with Gasteiger partial charge in [0, 0.05) is 6.61 Å². The van der Waals surface area contributed by atoms with Gasteiger partial charge in [0.2, 0.25) is 12.2 Å². The molecule has 0 amide bonds. The second kappa shape index (κ2) is 6.25. The molecule has 0 aromatic rings. The molecule has 1 aliphatic rings. The van der Waals surface area contributed by atoms with Gasteiger partial charge in [-0.2, -0.15) is 0 Å². The molecular weight excluding hydrogens is 244 g/mol. The third-order valence-corrected chi connectivity index (χ3v) is 4.41. The highest BCUT2D eigenvalue weighted by Gasteiger charge is 2.49. The monoisotopic (exact) mass is 266 g/mol. The number of hydrogen-bond donors (Lipinski definition) is 1. The molecule has 19 heavy (non-hydrogen) atoms. The van der Waals surface area contributed by atoms with E-state index in [4.69, 9.17) is 0 Å². The van der Waals surface area contributed by atoms with Gasteiger partial charge in [-0.25, -0.2) is 19.6 Å². The first-order valence-electron chi connectivity index (χ1n) is 6.61. The van der Waals surface area contributed by atoms with Crippen LogP contribution in [0, 0.1) is 16.7 Å². The highest BCUT2D eigenvalue weighted by molar-refractivity contribution is 5.34. The number of aliphatic hydroxyl groups excluding tert-OH is 1. The first-order valence-corrected chi connectivity index (χ1v) is 6.61. The van der Waals surface area contributed by atoms with Crippen molar-refractivity contribution in [3.63, 3.8) is 0 Å². The van der Waals surface area contributed by atoms with E-state index >= 15 is 0 Å². The van der Waals surface area contributed by atoms with Crippen molar-refractivity contribution in [2.24, 2.45) is 26.7 Å². The van der Waals surface area contributed by atoms with Crippen molar-refractivity contribution in [1.82, 2.24) is 0 Å². The number of hydrogen-bond acceptors (Lipinski definition) is 5. The minimum absolute atomic E-state index is 0.0703. The Kier molecular flexibility index (Phi) is 5.19. The molecule has 0 aromatic carbocycles. The summed E-state index contributed by atoms with van der Waals surface area (Å²) in [4.78, 5) is 28.5. The van der Waals surface area contributed by atoms with Gasteiger partial charge in [-0.15, -0.1) is 0 Å². The molecule has 1 saturated carbocycles. The summed E-state index contributed by atoms with van der Waals surface area (Å²) in [6, 6.07) is -0.0886. The maximum atomic E-state index is 10.5. The lowest BCUT2D eigenvalue weighted by atomic mass is 9.54. The summed E-state index contributed by atoms with van der Waals surface area (Å²) in [6.45, 7) is 6.74. The van der Waals surface area contributed by atoms with Gasteiger partial charge in [-0.3, -0.25) is 0 Å². The van der Waals surface area contributed by atoms with Crippen LogP contribution in [0.3, 0.4) is 0 Å². The Morgan fingerprint density at radius 3 is 2.42 bits per heavy atom. The zero-order valence-electron chi connectivity index (χ0n) is 11.8. The van der Waals surface area contributed by atoms with E-state index in [0.29, 0.717) is 19.4 Å². The molecule has 3 atom stereocenters. The molecule has 1 aliphatic carbocycles. The van der Waals surface area contributed by atoms with E-state index in [1.165, 1.54) is 0 Å². The van der Waals surface area contributed by atoms with E-state index in [9.17, 15) is 14.7 Å². The van der Waals surface area contributed by atoms with Gasteiger partial charge in [-0.1, -0.05) is 20.8 Å². The Morgan fingerprint density at radius 2 is 1.89 bits per heavy atom. The number of aliphatic hydroxyl groups is 1. The first-order chi connectivity index (χ1) is 8.89. The van der Waals surface area contributed by atoms with Crippen molar-refractivity contribution in [3.8, 4) is 0 Å². The van der Waals surface area contributed by atoms with Gasteiger partial charge in [0.05, 0.1) is 12.6 Å². The van der Waals surface area contributed by atoms with E-state index in [2.05, 4.69) is 23.8 Å². The maximum absolute atomic E-state index is 10.5. The van der Waals surface area contributed by atoms with Gasteiger partial charge >= 0.3 is 0 Å². The lowest BCUT2D eigenvalue weighted by Gasteiger charge is -2.52. The van der Waals surface area contributed by atoms with Crippen molar-refractivity contribution >= 4 is 12.2 Å². The summed E-state index contributed by atoms with van der Waals surface area (Å²) in [7, 11) is 0. The Morgan fingerprint density at radius 1 is 1.21 bits per heavy atom. The van der Waals surface area contributed by atoms with Gasteiger partial charge < -0.3 is 5.11 Å². The smallest absolute Gasteiger partial charge is 0.235 e. The molecule has 1 rings (SSSR count). The van der Waals surface area contributed by atoms with Crippen LogP contribution in [0.1, 0.15) is 40.0 Å². The van der Waals surface area contributed by atoms with Crippen molar-refractivity contribution in [3.05, 3.63) is 0 Å². The number of aliphatic imine (C=N–C) groups is 2. The van der Waals surface area contributed by atoms with Crippen LogP contribution in [0.5, 0.6) is 0 Å². The van der Waals surface area contributed by atoms with Crippen LogP contribution < -0.4 is 0 Å². The van der Waals surface area contributed by atoms with Crippen molar-refractivity contribution in [1.29, 1.82) is 0 Å². The van der Waals surface area contributed by atoms with Crippen LogP contribution in [-0.4, -0.2) is 36.5 Å². The number of rotatable bonds is 5. The number of carbonyl (C=O) groups excluding carboxylic acids is 2. The second-order valence-electron chi connectivity index (χ2n) is 6.40. The fourth-order valence-electron chi connectivity index (χ4n) is 3.87. The van der Waals surface area contributed by atoms with E-state index < -0.39 is 0 Å². The topological polar surface area (TPSA) is 79.1 Å². The third kappa shape index (κ3) is 3.60. The Labute approximate surface area is 113 Å². The summed E-state index contributed by atoms with van der Waals surface area (Å²) in [5.74, 6) is 0.222. The summed E-state index contributed by atoms with van der Waals surface area (Å²) in [6.07, 6.45) is 5.34. The molecule has 1 N–H and O–H groups in total. The van der Waals surface area contributed by atoms with Gasteiger partial charge in [0.1, 0.15) is 0 Å². The Bertz CT molecular complexity index is 409. The van der Waals surface area contributed by atoms with Crippen LogP contribution in [-0.2, 0) is 9.59 Å². The molecule has 3 unspecified atom stereocenters. The normalized spacial score (nSPS) is 33.1. The standard InChI is InChI=1S/C14H22N2O3/c1-13(2)6-11(16-10-19)7-14(3,8-15-9-18)12(13)4-5-17/h11-12,17H,4-8H2,1-3H3. The lowest BCUT2D eigenvalue weighted by molar-refractivity contribution is -0.0169. The third-order valence-electron chi connectivity index (χ3n) is 4.41. The van der Waals surface area contributed by atoms with Crippen molar-refractivity contribution in [2.45, 2.75) is 46.1 Å². The van der Waals surface area contributed by atoms with Crippen molar-refractivity contribution in [2.75, 3.05) is 13.2 Å². The van der Waals surface area contributed by atoms with Crippen LogP contribution in [0.2, 0.25) is 0 Å². The van der Waals surface area contributed by atoms with Crippen LogP contribution in [0.4, 0.5) is 0 Å².